The van der Waals surface area contributed by atoms with E-state index in [0.717, 1.165) is 61.9 Å². The molecule has 150 valence electrons. The number of guanidine groups is 1. The standard InChI is InChI=1S/C23H31N3O2/c1-18-9-10-19(17-22(18)27-3)11-14-25-23(24-2)26-15-12-21(13-16-26)28-20-7-5-4-6-8-20/h4-10,17,21H,11-16H2,1-3H3,(H,24,25). The van der Waals surface area contributed by atoms with Crippen LogP contribution in [-0.2, 0) is 6.42 Å². The first-order valence-electron chi connectivity index (χ1n) is 10.0. The average molecular weight is 382 g/mol. The number of piperidine rings is 1. The molecule has 2 aromatic rings. The maximum absolute atomic E-state index is 6.09. The molecule has 28 heavy (non-hydrogen) atoms. The smallest absolute Gasteiger partial charge is 0.193 e. The fourth-order valence-corrected chi connectivity index (χ4v) is 3.55. The summed E-state index contributed by atoms with van der Waals surface area (Å²) in [5, 5.41) is 3.50. The molecule has 1 fully saturated rings. The number of methoxy groups -OCH3 is 1. The van der Waals surface area contributed by atoms with Crippen molar-refractivity contribution < 1.29 is 9.47 Å². The quantitative estimate of drug-likeness (QED) is 0.613. The molecule has 1 saturated heterocycles. The van der Waals surface area contributed by atoms with Gasteiger partial charge in [-0.05, 0) is 42.7 Å². The van der Waals surface area contributed by atoms with E-state index in [2.05, 4.69) is 40.3 Å². The van der Waals surface area contributed by atoms with Crippen molar-refractivity contribution in [1.29, 1.82) is 0 Å². The largest absolute Gasteiger partial charge is 0.496 e. The van der Waals surface area contributed by atoms with Crippen molar-refractivity contribution in [3.63, 3.8) is 0 Å². The van der Waals surface area contributed by atoms with Gasteiger partial charge in [-0.25, -0.2) is 0 Å². The Morgan fingerprint density at radius 2 is 1.89 bits per heavy atom. The Kier molecular flexibility index (Phi) is 7.18. The van der Waals surface area contributed by atoms with Gasteiger partial charge in [0.15, 0.2) is 5.96 Å². The van der Waals surface area contributed by atoms with Crippen LogP contribution in [0, 0.1) is 6.92 Å². The van der Waals surface area contributed by atoms with E-state index >= 15 is 0 Å². The number of hydrogen-bond donors (Lipinski definition) is 1. The highest BCUT2D eigenvalue weighted by molar-refractivity contribution is 5.80. The van der Waals surface area contributed by atoms with Crippen LogP contribution in [0.1, 0.15) is 24.0 Å². The van der Waals surface area contributed by atoms with Gasteiger partial charge in [0.1, 0.15) is 17.6 Å². The Balaban J connectivity index is 1.44. The summed E-state index contributed by atoms with van der Waals surface area (Å²) in [7, 11) is 3.57. The molecule has 5 heteroatoms. The third-order valence-corrected chi connectivity index (χ3v) is 5.17. The molecule has 0 atom stereocenters. The average Bonchev–Trinajstić information content (AvgIpc) is 2.74. The van der Waals surface area contributed by atoms with Gasteiger partial charge >= 0.3 is 0 Å². The van der Waals surface area contributed by atoms with Crippen molar-refractivity contribution in [2.45, 2.75) is 32.3 Å². The second-order valence-electron chi connectivity index (χ2n) is 7.15. The summed E-state index contributed by atoms with van der Waals surface area (Å²) < 4.78 is 11.5. The number of aryl methyl sites for hydroxylation is 1. The van der Waals surface area contributed by atoms with Crippen LogP contribution in [0.15, 0.2) is 53.5 Å². The normalized spacial score (nSPS) is 15.4. The lowest BCUT2D eigenvalue weighted by Gasteiger charge is -2.34. The predicted octanol–water partition coefficient (Wildman–Crippen LogP) is 3.66. The Morgan fingerprint density at radius 1 is 1.14 bits per heavy atom. The minimum atomic E-state index is 0.275. The Hall–Kier alpha value is -2.69. The van der Waals surface area contributed by atoms with E-state index in [9.17, 15) is 0 Å². The Bertz CT molecular complexity index is 769. The highest BCUT2D eigenvalue weighted by Crippen LogP contribution is 2.20. The zero-order valence-electron chi connectivity index (χ0n) is 17.1. The van der Waals surface area contributed by atoms with Gasteiger partial charge < -0.3 is 19.7 Å². The molecule has 1 aliphatic rings. The van der Waals surface area contributed by atoms with Gasteiger partial charge in [0.05, 0.1) is 7.11 Å². The molecule has 0 aromatic heterocycles. The number of hydrogen-bond acceptors (Lipinski definition) is 3. The number of nitrogens with zero attached hydrogens (tertiary/aromatic N) is 2. The SMILES string of the molecule is CN=C(NCCc1ccc(C)c(OC)c1)N1CCC(Oc2ccccc2)CC1. The van der Waals surface area contributed by atoms with Crippen molar-refractivity contribution in [2.75, 3.05) is 33.8 Å². The molecule has 1 heterocycles. The van der Waals surface area contributed by atoms with Gasteiger partial charge in [0, 0.05) is 39.5 Å². The number of likely N-dealkylation sites (tertiary alicyclic amines) is 1. The van der Waals surface area contributed by atoms with Crippen LogP contribution < -0.4 is 14.8 Å². The zero-order valence-corrected chi connectivity index (χ0v) is 17.1. The Labute approximate surface area is 168 Å². The van der Waals surface area contributed by atoms with Crippen LogP contribution in [-0.4, -0.2) is 50.8 Å². The summed E-state index contributed by atoms with van der Waals surface area (Å²) in [6, 6.07) is 16.5. The highest BCUT2D eigenvalue weighted by Gasteiger charge is 2.22. The van der Waals surface area contributed by atoms with Gasteiger partial charge in [0.25, 0.3) is 0 Å². The van der Waals surface area contributed by atoms with E-state index < -0.39 is 0 Å². The summed E-state index contributed by atoms with van der Waals surface area (Å²) in [6.07, 6.45) is 3.22. The lowest BCUT2D eigenvalue weighted by Crippen LogP contribution is -2.47. The van der Waals surface area contributed by atoms with Crippen molar-refractivity contribution in [3.8, 4) is 11.5 Å². The van der Waals surface area contributed by atoms with Crippen molar-refractivity contribution in [3.05, 3.63) is 59.7 Å². The zero-order chi connectivity index (χ0) is 19.8. The number of nitrogens with one attached hydrogen (secondary N) is 1. The maximum atomic E-state index is 6.09. The number of benzene rings is 2. The van der Waals surface area contributed by atoms with E-state index in [1.54, 1.807) is 7.11 Å². The second kappa shape index (κ2) is 10.0. The topological polar surface area (TPSA) is 46.1 Å². The van der Waals surface area contributed by atoms with Crippen LogP contribution in [0.3, 0.4) is 0 Å². The molecule has 1 aliphatic heterocycles. The molecule has 0 bridgehead atoms. The third kappa shape index (κ3) is 5.41. The molecule has 5 nitrogen and oxygen atoms in total. The third-order valence-electron chi connectivity index (χ3n) is 5.17. The molecule has 3 rings (SSSR count). The van der Waals surface area contributed by atoms with Crippen LogP contribution >= 0.6 is 0 Å². The van der Waals surface area contributed by atoms with E-state index in [0.29, 0.717) is 0 Å². The highest BCUT2D eigenvalue weighted by atomic mass is 16.5. The molecular formula is C23H31N3O2. The Morgan fingerprint density at radius 3 is 2.57 bits per heavy atom. The first kappa shape index (κ1) is 20.1. The van der Waals surface area contributed by atoms with Gasteiger partial charge in [-0.1, -0.05) is 30.3 Å². The van der Waals surface area contributed by atoms with Crippen LogP contribution in [0.2, 0.25) is 0 Å². The van der Waals surface area contributed by atoms with Crippen LogP contribution in [0.4, 0.5) is 0 Å². The van der Waals surface area contributed by atoms with E-state index in [1.807, 2.05) is 37.4 Å². The van der Waals surface area contributed by atoms with E-state index in [1.165, 1.54) is 5.56 Å². The molecule has 0 radical (unpaired) electrons. The fourth-order valence-electron chi connectivity index (χ4n) is 3.55. The summed E-state index contributed by atoms with van der Waals surface area (Å²) in [6.45, 7) is 4.82. The minimum absolute atomic E-state index is 0.275. The molecule has 0 aliphatic carbocycles. The molecule has 1 N–H and O–H groups in total. The summed E-state index contributed by atoms with van der Waals surface area (Å²) in [5.41, 5.74) is 2.43. The lowest BCUT2D eigenvalue weighted by atomic mass is 10.1. The summed E-state index contributed by atoms with van der Waals surface area (Å²) in [4.78, 5) is 6.79. The summed E-state index contributed by atoms with van der Waals surface area (Å²) in [5.74, 6) is 2.87. The number of aliphatic imine (C=N–C) groups is 1. The first-order chi connectivity index (χ1) is 13.7. The number of ether oxygens (including phenoxy) is 2. The van der Waals surface area contributed by atoms with E-state index in [-0.39, 0.29) is 6.10 Å². The van der Waals surface area contributed by atoms with Gasteiger partial charge in [-0.2, -0.15) is 0 Å². The molecular weight excluding hydrogens is 350 g/mol. The van der Waals surface area contributed by atoms with Gasteiger partial charge in [-0.3, -0.25) is 4.99 Å². The van der Waals surface area contributed by atoms with E-state index in [4.69, 9.17) is 9.47 Å². The monoisotopic (exact) mass is 381 g/mol. The minimum Gasteiger partial charge on any atom is -0.496 e. The first-order valence-corrected chi connectivity index (χ1v) is 10.0. The fraction of sp³-hybridized carbons (Fsp3) is 0.435. The molecule has 0 spiro atoms. The van der Waals surface area contributed by atoms with Gasteiger partial charge in [-0.15, -0.1) is 0 Å². The second-order valence-corrected chi connectivity index (χ2v) is 7.15. The molecule has 0 amide bonds. The van der Waals surface area contributed by atoms with Crippen LogP contribution in [0.5, 0.6) is 11.5 Å². The molecule has 0 unspecified atom stereocenters. The lowest BCUT2D eigenvalue weighted by molar-refractivity contribution is 0.129. The maximum Gasteiger partial charge on any atom is 0.193 e. The number of para-hydroxylation sites is 1. The van der Waals surface area contributed by atoms with Crippen LogP contribution in [0.25, 0.3) is 0 Å². The van der Waals surface area contributed by atoms with Crippen molar-refractivity contribution in [2.24, 2.45) is 4.99 Å². The summed E-state index contributed by atoms with van der Waals surface area (Å²) >= 11 is 0. The van der Waals surface area contributed by atoms with Crippen molar-refractivity contribution >= 4 is 5.96 Å². The van der Waals surface area contributed by atoms with Gasteiger partial charge in [0.2, 0.25) is 0 Å². The predicted molar refractivity (Wildman–Crippen MR) is 114 cm³/mol. The number of rotatable bonds is 6. The van der Waals surface area contributed by atoms with Crippen molar-refractivity contribution in [1.82, 2.24) is 10.2 Å². The molecule has 0 saturated carbocycles. The molecule has 2 aromatic carbocycles.